The maximum atomic E-state index is 12.9. The van der Waals surface area contributed by atoms with Crippen LogP contribution in [0.3, 0.4) is 0 Å². The van der Waals surface area contributed by atoms with Gasteiger partial charge in [-0.15, -0.1) is 0 Å². The number of imide groups is 1. The van der Waals surface area contributed by atoms with Gasteiger partial charge in [0.25, 0.3) is 15.9 Å². The van der Waals surface area contributed by atoms with Gasteiger partial charge in [0.2, 0.25) is 17.7 Å². The Labute approximate surface area is 189 Å². The molecule has 33 heavy (non-hydrogen) atoms. The van der Waals surface area contributed by atoms with Gasteiger partial charge in [-0.3, -0.25) is 29.2 Å². The van der Waals surface area contributed by atoms with E-state index in [4.69, 9.17) is 0 Å². The van der Waals surface area contributed by atoms with Crippen LogP contribution in [0.15, 0.2) is 41.3 Å². The number of carbonyl (C=O) groups is 4. The molecule has 3 aliphatic heterocycles. The Hall–Kier alpha value is -3.73. The van der Waals surface area contributed by atoms with E-state index in [0.717, 1.165) is 5.56 Å². The summed E-state index contributed by atoms with van der Waals surface area (Å²) in [6.45, 7) is 0.147. The molecule has 1 fully saturated rings. The van der Waals surface area contributed by atoms with E-state index in [0.29, 0.717) is 29.7 Å². The zero-order chi connectivity index (χ0) is 23.3. The third kappa shape index (κ3) is 3.84. The van der Waals surface area contributed by atoms with Crippen LogP contribution in [-0.4, -0.2) is 43.0 Å². The Balaban J connectivity index is 1.36. The number of amides is 4. The van der Waals surface area contributed by atoms with Crippen LogP contribution >= 0.6 is 0 Å². The molecule has 3 N–H and O–H groups in total. The fourth-order valence-corrected chi connectivity index (χ4v) is 5.48. The van der Waals surface area contributed by atoms with Crippen molar-refractivity contribution in [2.75, 3.05) is 10.0 Å². The fraction of sp³-hybridized carbons (Fsp3) is 0.273. The van der Waals surface area contributed by atoms with Crippen LogP contribution in [0.2, 0.25) is 0 Å². The normalized spacial score (nSPS) is 20.1. The molecule has 11 heteroatoms. The average Bonchev–Trinajstić information content (AvgIpc) is 3.08. The van der Waals surface area contributed by atoms with E-state index in [9.17, 15) is 27.6 Å². The third-order valence-corrected chi connectivity index (χ3v) is 7.44. The Morgan fingerprint density at radius 1 is 0.879 bits per heavy atom. The molecule has 1 atom stereocenters. The van der Waals surface area contributed by atoms with Gasteiger partial charge in [-0.1, -0.05) is 0 Å². The van der Waals surface area contributed by atoms with Gasteiger partial charge in [-0.2, -0.15) is 0 Å². The molecule has 10 nitrogen and oxygen atoms in total. The lowest BCUT2D eigenvalue weighted by Crippen LogP contribution is -2.52. The molecule has 3 aliphatic rings. The zero-order valence-corrected chi connectivity index (χ0v) is 18.2. The third-order valence-electron chi connectivity index (χ3n) is 6.06. The van der Waals surface area contributed by atoms with Crippen molar-refractivity contribution in [3.63, 3.8) is 0 Å². The van der Waals surface area contributed by atoms with Crippen molar-refractivity contribution < 1.29 is 27.6 Å². The molecule has 0 saturated carbocycles. The summed E-state index contributed by atoms with van der Waals surface area (Å²) < 4.78 is 28.4. The molecule has 0 aromatic heterocycles. The number of anilines is 2. The van der Waals surface area contributed by atoms with Gasteiger partial charge in [0, 0.05) is 36.3 Å². The van der Waals surface area contributed by atoms with E-state index in [1.54, 1.807) is 18.2 Å². The molecule has 1 unspecified atom stereocenters. The molecule has 4 amide bonds. The molecule has 0 aliphatic carbocycles. The van der Waals surface area contributed by atoms with E-state index in [1.165, 1.54) is 23.1 Å². The van der Waals surface area contributed by atoms with E-state index in [2.05, 4.69) is 15.4 Å². The Kier molecular flexibility index (Phi) is 4.93. The van der Waals surface area contributed by atoms with Gasteiger partial charge in [0.15, 0.2) is 0 Å². The lowest BCUT2D eigenvalue weighted by Gasteiger charge is -2.29. The maximum absolute atomic E-state index is 12.9. The van der Waals surface area contributed by atoms with Crippen molar-refractivity contribution in [2.24, 2.45) is 0 Å². The van der Waals surface area contributed by atoms with Crippen LogP contribution in [0, 0.1) is 0 Å². The first-order chi connectivity index (χ1) is 15.7. The van der Waals surface area contributed by atoms with Crippen molar-refractivity contribution in [2.45, 2.75) is 43.2 Å². The van der Waals surface area contributed by atoms with Gasteiger partial charge in [-0.25, -0.2) is 8.42 Å². The number of hydrogen-bond acceptors (Lipinski definition) is 6. The topological polar surface area (TPSA) is 142 Å². The molecular weight excluding hydrogens is 448 g/mol. The van der Waals surface area contributed by atoms with Gasteiger partial charge in [0.05, 0.1) is 4.90 Å². The maximum Gasteiger partial charge on any atom is 0.261 e. The summed E-state index contributed by atoms with van der Waals surface area (Å²) in [7, 11) is -3.90. The molecule has 0 spiro atoms. The van der Waals surface area contributed by atoms with E-state index >= 15 is 0 Å². The molecule has 0 radical (unpaired) electrons. The highest BCUT2D eigenvalue weighted by atomic mass is 32.2. The SMILES string of the molecule is O=C1CCC(N2Cc3cc(NS(=O)(=O)c4ccc5c(c4)CCC(=O)N5)ccc3C2=O)C(=O)N1. The second kappa shape index (κ2) is 7.69. The first-order valence-corrected chi connectivity index (χ1v) is 11.9. The lowest BCUT2D eigenvalue weighted by atomic mass is 10.0. The second-order valence-corrected chi connectivity index (χ2v) is 9.93. The number of carbonyl (C=O) groups excluding carboxylic acids is 4. The first-order valence-electron chi connectivity index (χ1n) is 10.4. The summed E-state index contributed by atoms with van der Waals surface area (Å²) in [5.74, 6) is -1.29. The number of rotatable bonds is 4. The van der Waals surface area contributed by atoms with Gasteiger partial charge < -0.3 is 10.2 Å². The van der Waals surface area contributed by atoms with Crippen molar-refractivity contribution >= 4 is 45.0 Å². The Morgan fingerprint density at radius 2 is 1.67 bits per heavy atom. The first kappa shape index (κ1) is 21.1. The Bertz CT molecular complexity index is 1340. The summed E-state index contributed by atoms with van der Waals surface area (Å²) in [6.07, 6.45) is 1.17. The summed E-state index contributed by atoms with van der Waals surface area (Å²) >= 11 is 0. The number of fused-ring (bicyclic) bond motifs is 2. The summed E-state index contributed by atoms with van der Waals surface area (Å²) in [5.41, 5.74) is 2.63. The Morgan fingerprint density at radius 3 is 2.45 bits per heavy atom. The molecule has 2 aromatic rings. The van der Waals surface area contributed by atoms with Crippen molar-refractivity contribution in [1.29, 1.82) is 0 Å². The van der Waals surface area contributed by atoms with E-state index in [-0.39, 0.29) is 47.7 Å². The highest BCUT2D eigenvalue weighted by Gasteiger charge is 2.39. The second-order valence-electron chi connectivity index (χ2n) is 8.24. The predicted octanol–water partition coefficient (Wildman–Crippen LogP) is 1.13. The van der Waals surface area contributed by atoms with Crippen LogP contribution < -0.4 is 15.4 Å². The molecular formula is C22H20N4O6S. The van der Waals surface area contributed by atoms with Crippen LogP contribution in [-0.2, 0) is 37.4 Å². The van der Waals surface area contributed by atoms with Crippen molar-refractivity contribution in [1.82, 2.24) is 10.2 Å². The van der Waals surface area contributed by atoms with Crippen molar-refractivity contribution in [3.8, 4) is 0 Å². The molecule has 5 rings (SSSR count). The number of nitrogens with zero attached hydrogens (tertiary/aromatic N) is 1. The summed E-state index contributed by atoms with van der Waals surface area (Å²) in [4.78, 5) is 49.4. The van der Waals surface area contributed by atoms with Crippen LogP contribution in [0.1, 0.15) is 40.7 Å². The number of piperidine rings is 1. The minimum atomic E-state index is -3.90. The standard InChI is InChI=1S/C22H20N4O6S/c27-19-7-1-12-10-15(3-5-17(12)23-19)33(31,32)25-14-2-4-16-13(9-14)11-26(22(16)30)18-6-8-20(28)24-21(18)29/h2-5,9-10,18,25H,1,6-8,11H2,(H,23,27)(H,24,28,29). The van der Waals surface area contributed by atoms with Gasteiger partial charge in [0.1, 0.15) is 6.04 Å². The number of nitrogens with one attached hydrogen (secondary N) is 3. The highest BCUT2D eigenvalue weighted by Crippen LogP contribution is 2.31. The van der Waals surface area contributed by atoms with E-state index < -0.39 is 22.0 Å². The largest absolute Gasteiger partial charge is 0.326 e. The zero-order valence-electron chi connectivity index (χ0n) is 17.4. The van der Waals surface area contributed by atoms with Gasteiger partial charge in [-0.05, 0) is 60.4 Å². The number of aryl methyl sites for hydroxylation is 1. The average molecular weight is 468 g/mol. The highest BCUT2D eigenvalue weighted by molar-refractivity contribution is 7.92. The quantitative estimate of drug-likeness (QED) is 0.575. The van der Waals surface area contributed by atoms with Gasteiger partial charge >= 0.3 is 0 Å². The van der Waals surface area contributed by atoms with Crippen LogP contribution in [0.5, 0.6) is 0 Å². The molecule has 2 aromatic carbocycles. The fourth-order valence-electron chi connectivity index (χ4n) is 4.38. The monoisotopic (exact) mass is 468 g/mol. The van der Waals surface area contributed by atoms with Crippen molar-refractivity contribution in [3.05, 3.63) is 53.1 Å². The number of hydrogen-bond donors (Lipinski definition) is 3. The predicted molar refractivity (Wildman–Crippen MR) is 117 cm³/mol. The number of benzene rings is 2. The van der Waals surface area contributed by atoms with Crippen LogP contribution in [0.4, 0.5) is 11.4 Å². The molecule has 0 bridgehead atoms. The molecule has 1 saturated heterocycles. The van der Waals surface area contributed by atoms with Crippen LogP contribution in [0.25, 0.3) is 0 Å². The molecule has 170 valence electrons. The minimum Gasteiger partial charge on any atom is -0.326 e. The van der Waals surface area contributed by atoms with E-state index in [1.807, 2.05) is 0 Å². The summed E-state index contributed by atoms with van der Waals surface area (Å²) in [5, 5.41) is 4.97. The lowest BCUT2D eigenvalue weighted by molar-refractivity contribution is -0.137. The number of sulfonamides is 1. The minimum absolute atomic E-state index is 0.0687. The molecule has 3 heterocycles. The summed E-state index contributed by atoms with van der Waals surface area (Å²) in [6, 6.07) is 8.41. The smallest absolute Gasteiger partial charge is 0.261 e.